The number of pyridine rings is 1. The highest BCUT2D eigenvalue weighted by atomic mass is 35.5. The van der Waals surface area contributed by atoms with E-state index in [9.17, 15) is 4.39 Å². The quantitative estimate of drug-likeness (QED) is 0.375. The molecule has 1 saturated heterocycles. The molecule has 7 nitrogen and oxygen atoms in total. The van der Waals surface area contributed by atoms with E-state index in [-0.39, 0.29) is 11.7 Å². The number of rotatable bonds is 4. The average molecular weight is 479 g/mol. The summed E-state index contributed by atoms with van der Waals surface area (Å²) < 4.78 is 23.0. The molecule has 1 aliphatic heterocycles. The van der Waals surface area contributed by atoms with Crippen molar-refractivity contribution < 1.29 is 8.91 Å². The van der Waals surface area contributed by atoms with Crippen molar-refractivity contribution in [3.8, 4) is 11.4 Å². The predicted octanol–water partition coefficient (Wildman–Crippen LogP) is 5.20. The van der Waals surface area contributed by atoms with E-state index in [2.05, 4.69) is 20.1 Å². The van der Waals surface area contributed by atoms with E-state index in [1.54, 1.807) is 33.5 Å². The summed E-state index contributed by atoms with van der Waals surface area (Å²) in [4.78, 5) is 6.74. The molecule has 1 unspecified atom stereocenters. The Morgan fingerprint density at radius 2 is 2.13 bits per heavy atom. The van der Waals surface area contributed by atoms with E-state index in [0.717, 1.165) is 25.9 Å². The normalized spacial score (nSPS) is 17.5. The van der Waals surface area contributed by atoms with Crippen LogP contribution >= 0.6 is 35.4 Å². The van der Waals surface area contributed by atoms with Gasteiger partial charge in [-0.3, -0.25) is 9.30 Å². The highest BCUT2D eigenvalue weighted by Gasteiger charge is 2.27. The maximum atomic E-state index is 13.5. The Kier molecular flexibility index (Phi) is 5.51. The van der Waals surface area contributed by atoms with Gasteiger partial charge in [0.1, 0.15) is 5.82 Å². The average Bonchev–Trinajstić information content (AvgIpc) is 3.35. The second kappa shape index (κ2) is 8.31. The van der Waals surface area contributed by atoms with Crippen LogP contribution in [0.2, 0.25) is 10.0 Å². The third-order valence-electron chi connectivity index (χ3n) is 5.31. The lowest BCUT2D eigenvalue weighted by Crippen LogP contribution is -2.36. The fourth-order valence-corrected chi connectivity index (χ4v) is 4.61. The van der Waals surface area contributed by atoms with E-state index in [4.69, 9.17) is 39.9 Å². The zero-order valence-electron chi connectivity index (χ0n) is 16.2. The van der Waals surface area contributed by atoms with Crippen LogP contribution in [-0.2, 0) is 6.67 Å². The van der Waals surface area contributed by atoms with Gasteiger partial charge in [0.2, 0.25) is 16.5 Å². The first-order valence-electron chi connectivity index (χ1n) is 9.74. The molecule has 11 heteroatoms. The summed E-state index contributed by atoms with van der Waals surface area (Å²) in [6.07, 6.45) is 3.61. The van der Waals surface area contributed by atoms with Crippen LogP contribution in [0.15, 0.2) is 41.1 Å². The number of nitrogens with zero attached hydrogens (tertiary/aromatic N) is 6. The van der Waals surface area contributed by atoms with Gasteiger partial charge >= 0.3 is 0 Å². The van der Waals surface area contributed by atoms with Gasteiger partial charge in [-0.05, 0) is 49.8 Å². The van der Waals surface area contributed by atoms with Crippen molar-refractivity contribution in [2.24, 2.45) is 0 Å². The minimum absolute atomic E-state index is 0.0767. The number of benzene rings is 1. The highest BCUT2D eigenvalue weighted by molar-refractivity contribution is 7.71. The molecule has 1 aromatic carbocycles. The van der Waals surface area contributed by atoms with Gasteiger partial charge in [-0.25, -0.2) is 9.07 Å². The number of piperidine rings is 1. The van der Waals surface area contributed by atoms with Gasteiger partial charge in [-0.1, -0.05) is 40.5 Å². The molecule has 160 valence electrons. The van der Waals surface area contributed by atoms with E-state index in [0.29, 0.717) is 44.4 Å². The fraction of sp³-hybridized carbons (Fsp3) is 0.300. The van der Waals surface area contributed by atoms with Crippen LogP contribution in [0.1, 0.15) is 24.7 Å². The number of likely N-dealkylation sites (tertiary alicyclic amines) is 1. The monoisotopic (exact) mass is 478 g/mol. The van der Waals surface area contributed by atoms with E-state index >= 15 is 0 Å². The Hall–Kier alpha value is -2.33. The molecule has 0 saturated carbocycles. The molecule has 5 rings (SSSR count). The standard InChI is InChI=1S/C20H17Cl2FN6OS/c21-14-8-16(22)18-25-29(20(31)28(18)10-14)11-27-6-2-4-13(9-27)19-24-17(26-30-19)12-3-1-5-15(23)7-12/h1,3,5,7-8,10,13H,2,4,6,9,11H2. The Morgan fingerprint density at radius 1 is 1.26 bits per heavy atom. The molecule has 1 fully saturated rings. The Balaban J connectivity index is 1.35. The van der Waals surface area contributed by atoms with Crippen LogP contribution in [0, 0.1) is 10.6 Å². The molecule has 0 bridgehead atoms. The first-order chi connectivity index (χ1) is 15.0. The molecule has 3 aromatic heterocycles. The van der Waals surface area contributed by atoms with Crippen molar-refractivity contribution in [3.63, 3.8) is 0 Å². The molecule has 4 heterocycles. The second-order valence-electron chi connectivity index (χ2n) is 7.51. The van der Waals surface area contributed by atoms with Crippen molar-refractivity contribution >= 4 is 41.1 Å². The van der Waals surface area contributed by atoms with Gasteiger partial charge in [0.05, 0.1) is 22.6 Å². The zero-order chi connectivity index (χ0) is 21.5. The maximum absolute atomic E-state index is 13.5. The minimum Gasteiger partial charge on any atom is -0.339 e. The summed E-state index contributed by atoms with van der Waals surface area (Å²) in [7, 11) is 0. The van der Waals surface area contributed by atoms with Gasteiger partial charge < -0.3 is 4.52 Å². The summed E-state index contributed by atoms with van der Waals surface area (Å²) >= 11 is 17.9. The predicted molar refractivity (Wildman–Crippen MR) is 117 cm³/mol. The summed E-state index contributed by atoms with van der Waals surface area (Å²) in [6, 6.07) is 7.81. The third-order valence-corrected chi connectivity index (χ3v) is 6.21. The molecule has 4 aromatic rings. The lowest BCUT2D eigenvalue weighted by atomic mass is 9.98. The molecule has 31 heavy (non-hydrogen) atoms. The molecule has 1 atom stereocenters. The highest BCUT2D eigenvalue weighted by Crippen LogP contribution is 2.28. The Labute approximate surface area is 192 Å². The summed E-state index contributed by atoms with van der Waals surface area (Å²) in [5.74, 6) is 0.684. The largest absolute Gasteiger partial charge is 0.339 e. The molecular weight excluding hydrogens is 462 g/mol. The van der Waals surface area contributed by atoms with Crippen LogP contribution in [-0.4, -0.2) is 42.3 Å². The SMILES string of the molecule is Fc1cccc(-c2noc(C3CCCN(Cn4nc5c(Cl)cc(Cl)cn5c4=S)C3)n2)c1. The van der Waals surface area contributed by atoms with Crippen LogP contribution in [0.5, 0.6) is 0 Å². The second-order valence-corrected chi connectivity index (χ2v) is 8.71. The molecule has 0 spiro atoms. The van der Waals surface area contributed by atoms with Gasteiger partial charge in [-0.2, -0.15) is 4.98 Å². The fourth-order valence-electron chi connectivity index (χ4n) is 3.86. The lowest BCUT2D eigenvalue weighted by molar-refractivity contribution is 0.143. The number of hydrogen-bond donors (Lipinski definition) is 0. The Bertz CT molecular complexity index is 1320. The van der Waals surface area contributed by atoms with Crippen LogP contribution in [0.4, 0.5) is 4.39 Å². The number of fused-ring (bicyclic) bond motifs is 1. The van der Waals surface area contributed by atoms with Crippen LogP contribution < -0.4 is 0 Å². The van der Waals surface area contributed by atoms with Gasteiger partial charge in [0.15, 0.2) is 5.65 Å². The molecule has 0 amide bonds. The van der Waals surface area contributed by atoms with Gasteiger partial charge in [0.25, 0.3) is 0 Å². The van der Waals surface area contributed by atoms with Gasteiger partial charge in [0, 0.05) is 18.3 Å². The topological polar surface area (TPSA) is 64.4 Å². The van der Waals surface area contributed by atoms with E-state index < -0.39 is 0 Å². The molecular formula is C20H17Cl2FN6OS. The van der Waals surface area contributed by atoms with Crippen LogP contribution in [0.25, 0.3) is 17.0 Å². The maximum Gasteiger partial charge on any atom is 0.231 e. The van der Waals surface area contributed by atoms with Crippen LogP contribution in [0.3, 0.4) is 0 Å². The molecule has 0 N–H and O–H groups in total. The smallest absolute Gasteiger partial charge is 0.231 e. The van der Waals surface area contributed by atoms with E-state index in [1.165, 1.54) is 12.1 Å². The van der Waals surface area contributed by atoms with E-state index in [1.807, 2.05) is 0 Å². The van der Waals surface area contributed by atoms with Crippen molar-refractivity contribution in [2.45, 2.75) is 25.4 Å². The summed E-state index contributed by atoms with van der Waals surface area (Å²) in [5.41, 5.74) is 1.16. The Morgan fingerprint density at radius 3 is 2.97 bits per heavy atom. The molecule has 1 aliphatic rings. The minimum atomic E-state index is -0.335. The van der Waals surface area contributed by atoms with Gasteiger partial charge in [-0.15, -0.1) is 5.10 Å². The van der Waals surface area contributed by atoms with Crippen molar-refractivity contribution in [2.75, 3.05) is 13.1 Å². The van der Waals surface area contributed by atoms with Crippen molar-refractivity contribution in [1.29, 1.82) is 0 Å². The molecule has 0 radical (unpaired) electrons. The first kappa shape index (κ1) is 20.6. The van der Waals surface area contributed by atoms with Crippen molar-refractivity contribution in [1.82, 2.24) is 29.2 Å². The number of halogens is 3. The summed E-state index contributed by atoms with van der Waals surface area (Å²) in [6.45, 7) is 2.12. The van der Waals surface area contributed by atoms with Crippen molar-refractivity contribution in [3.05, 3.63) is 63.1 Å². The summed E-state index contributed by atoms with van der Waals surface area (Å²) in [5, 5.41) is 9.54. The first-order valence-corrected chi connectivity index (χ1v) is 10.9. The third kappa shape index (κ3) is 4.10. The zero-order valence-corrected chi connectivity index (χ0v) is 18.5. The molecule has 0 aliphatic carbocycles. The number of aromatic nitrogens is 5. The number of hydrogen-bond acceptors (Lipinski definition) is 6. The lowest BCUT2D eigenvalue weighted by Gasteiger charge is -2.30.